The summed E-state index contributed by atoms with van der Waals surface area (Å²) in [5.41, 5.74) is 3.33. The van der Waals surface area contributed by atoms with Crippen LogP contribution < -0.4 is 10.1 Å². The molecule has 9 heteroatoms. The van der Waals surface area contributed by atoms with E-state index in [1.165, 1.54) is 18.2 Å². The number of nitrogens with one attached hydrogen (secondary N) is 1. The lowest BCUT2D eigenvalue weighted by Crippen LogP contribution is -2.14. The van der Waals surface area contributed by atoms with Crippen LogP contribution in [0.1, 0.15) is 22.3 Å². The highest BCUT2D eigenvalue weighted by Crippen LogP contribution is 2.33. The van der Waals surface area contributed by atoms with Crippen LogP contribution in [-0.2, 0) is 17.8 Å². The van der Waals surface area contributed by atoms with E-state index in [9.17, 15) is 20.2 Å². The topological polar surface area (TPSA) is 105 Å². The molecule has 182 valence electrons. The summed E-state index contributed by atoms with van der Waals surface area (Å²) >= 11 is 9.64. The molecule has 0 aliphatic rings. The summed E-state index contributed by atoms with van der Waals surface area (Å²) in [4.78, 5) is 23.2. The first kappa shape index (κ1) is 26.7. The Hall–Kier alpha value is -3.93. The molecule has 3 aromatic carbocycles. The molecule has 0 aliphatic carbocycles. The molecular formula is C27H21BrClN3O4. The molecule has 1 amide bonds. The van der Waals surface area contributed by atoms with Gasteiger partial charge in [-0.05, 0) is 94.0 Å². The largest absolute Gasteiger partial charge is 0.487 e. The van der Waals surface area contributed by atoms with Gasteiger partial charge >= 0.3 is 0 Å². The van der Waals surface area contributed by atoms with Gasteiger partial charge in [0.15, 0.2) is 0 Å². The second kappa shape index (κ2) is 12.2. The Morgan fingerprint density at radius 2 is 2.00 bits per heavy atom. The number of rotatable bonds is 9. The lowest BCUT2D eigenvalue weighted by atomic mass is 10.0. The molecule has 0 heterocycles. The molecule has 0 saturated heterocycles. The molecule has 3 rings (SSSR count). The van der Waals surface area contributed by atoms with Crippen molar-refractivity contribution in [1.82, 2.24) is 0 Å². The van der Waals surface area contributed by atoms with Crippen LogP contribution in [0.3, 0.4) is 0 Å². The van der Waals surface area contributed by atoms with Crippen LogP contribution in [0.15, 0.2) is 77.3 Å². The molecule has 1 N–H and O–H groups in total. The normalized spacial score (nSPS) is 10.9. The van der Waals surface area contributed by atoms with E-state index >= 15 is 0 Å². The maximum Gasteiger partial charge on any atom is 0.269 e. The van der Waals surface area contributed by atoms with Gasteiger partial charge < -0.3 is 10.1 Å². The Balaban J connectivity index is 1.85. The number of halogens is 2. The lowest BCUT2D eigenvalue weighted by molar-refractivity contribution is -0.384. The summed E-state index contributed by atoms with van der Waals surface area (Å²) in [6.45, 7) is 5.77. The number of benzene rings is 3. The Bertz CT molecular complexity index is 1400. The third-order valence-corrected chi connectivity index (χ3v) is 6.23. The molecule has 36 heavy (non-hydrogen) atoms. The van der Waals surface area contributed by atoms with Crippen molar-refractivity contribution in [3.8, 4) is 11.8 Å². The van der Waals surface area contributed by atoms with E-state index in [2.05, 4.69) is 27.8 Å². The molecule has 0 fully saturated rings. The van der Waals surface area contributed by atoms with Crippen molar-refractivity contribution in [2.75, 3.05) is 5.32 Å². The number of allylic oxidation sites excluding steroid dienone is 1. The van der Waals surface area contributed by atoms with Gasteiger partial charge in [0, 0.05) is 22.8 Å². The quantitative estimate of drug-likeness (QED) is 0.0971. The molecule has 0 aromatic heterocycles. The van der Waals surface area contributed by atoms with Crippen LogP contribution in [0, 0.1) is 28.4 Å². The Morgan fingerprint density at radius 3 is 2.64 bits per heavy atom. The summed E-state index contributed by atoms with van der Waals surface area (Å²) in [6.07, 6.45) is 3.69. The number of non-ortho nitro benzene ring substituents is 1. The minimum Gasteiger partial charge on any atom is -0.487 e. The number of anilines is 1. The second-order valence-corrected chi connectivity index (χ2v) is 8.99. The number of carbonyl (C=O) groups is 1. The van der Waals surface area contributed by atoms with E-state index in [0.717, 1.165) is 11.1 Å². The Kier molecular flexibility index (Phi) is 9.01. The molecule has 7 nitrogen and oxygen atoms in total. The van der Waals surface area contributed by atoms with Crippen molar-refractivity contribution in [2.24, 2.45) is 0 Å². The smallest absolute Gasteiger partial charge is 0.269 e. The molecule has 0 saturated carbocycles. The number of hydrogen-bond donors (Lipinski definition) is 1. The minimum atomic E-state index is -0.553. The van der Waals surface area contributed by atoms with E-state index in [-0.39, 0.29) is 17.9 Å². The molecule has 0 bridgehead atoms. The fourth-order valence-electron chi connectivity index (χ4n) is 3.34. The Morgan fingerprint density at radius 1 is 1.28 bits per heavy atom. The third kappa shape index (κ3) is 6.60. The lowest BCUT2D eigenvalue weighted by Gasteiger charge is -2.14. The van der Waals surface area contributed by atoms with Gasteiger partial charge in [0.2, 0.25) is 0 Å². The van der Waals surface area contributed by atoms with Crippen LogP contribution in [0.5, 0.6) is 5.75 Å². The number of hydrogen-bond acceptors (Lipinski definition) is 5. The highest BCUT2D eigenvalue weighted by atomic mass is 79.9. The molecular weight excluding hydrogens is 546 g/mol. The van der Waals surface area contributed by atoms with Crippen LogP contribution >= 0.6 is 27.5 Å². The molecule has 0 radical (unpaired) electrons. The molecule has 0 unspecified atom stereocenters. The van der Waals surface area contributed by atoms with Crippen molar-refractivity contribution in [3.63, 3.8) is 0 Å². The number of nitro benzene ring substituents is 1. The minimum absolute atomic E-state index is 0.00581. The van der Waals surface area contributed by atoms with Crippen molar-refractivity contribution in [2.45, 2.75) is 20.0 Å². The fraction of sp³-hybridized carbons (Fsp3) is 0.111. The van der Waals surface area contributed by atoms with E-state index in [1.807, 2.05) is 12.1 Å². The monoisotopic (exact) mass is 565 g/mol. The van der Waals surface area contributed by atoms with Gasteiger partial charge in [-0.3, -0.25) is 14.9 Å². The standard InChI is InChI=1S/C27H21BrClN3O4/c1-3-5-20-12-19(13-21(15-30)27(33)31-25-7-4-6-24(29)17(25)2)14-23(28)26(20)36-16-18-8-10-22(11-9-18)32(34)35/h3-4,6-14H,1,5,16H2,2H3,(H,31,33)/b21-13-. The summed E-state index contributed by atoms with van der Waals surface area (Å²) in [5.74, 6) is 0.0191. The van der Waals surface area contributed by atoms with Crippen LogP contribution in [0.4, 0.5) is 11.4 Å². The maximum atomic E-state index is 12.8. The van der Waals surface area contributed by atoms with Gasteiger partial charge in [-0.15, -0.1) is 6.58 Å². The van der Waals surface area contributed by atoms with Gasteiger partial charge in [0.05, 0.1) is 9.40 Å². The third-order valence-electron chi connectivity index (χ3n) is 5.23. The highest BCUT2D eigenvalue weighted by molar-refractivity contribution is 9.10. The zero-order valence-corrected chi connectivity index (χ0v) is 21.6. The second-order valence-electron chi connectivity index (χ2n) is 7.73. The van der Waals surface area contributed by atoms with Crippen LogP contribution in [-0.4, -0.2) is 10.8 Å². The number of ether oxygens (including phenoxy) is 1. The van der Waals surface area contributed by atoms with Gasteiger partial charge in [-0.1, -0.05) is 23.7 Å². The van der Waals surface area contributed by atoms with Crippen molar-refractivity contribution in [3.05, 3.63) is 115 Å². The first-order chi connectivity index (χ1) is 17.2. The Labute approximate surface area is 221 Å². The van der Waals surface area contributed by atoms with Gasteiger partial charge in [0.25, 0.3) is 11.6 Å². The zero-order chi connectivity index (χ0) is 26.2. The molecule has 3 aromatic rings. The summed E-state index contributed by atoms with van der Waals surface area (Å²) in [7, 11) is 0. The number of nitriles is 1. The number of nitrogens with zero attached hydrogens (tertiary/aromatic N) is 2. The van der Waals surface area contributed by atoms with Crippen molar-refractivity contribution < 1.29 is 14.5 Å². The number of amides is 1. The van der Waals surface area contributed by atoms with E-state index in [1.54, 1.807) is 49.4 Å². The summed E-state index contributed by atoms with van der Waals surface area (Å²) in [5, 5.41) is 23.7. The number of nitro groups is 1. The van der Waals surface area contributed by atoms with Gasteiger partial charge in [-0.25, -0.2) is 0 Å². The van der Waals surface area contributed by atoms with E-state index in [0.29, 0.717) is 38.5 Å². The average Bonchev–Trinajstić information content (AvgIpc) is 2.85. The SMILES string of the molecule is C=CCc1cc(/C=C(/C#N)C(=O)Nc2cccc(Cl)c2C)cc(Br)c1OCc1ccc([N+](=O)[O-])cc1. The predicted octanol–water partition coefficient (Wildman–Crippen LogP) is 7.17. The van der Waals surface area contributed by atoms with Gasteiger partial charge in [-0.2, -0.15) is 5.26 Å². The fourth-order valence-corrected chi connectivity index (χ4v) is 4.15. The highest BCUT2D eigenvalue weighted by Gasteiger charge is 2.15. The summed E-state index contributed by atoms with van der Waals surface area (Å²) < 4.78 is 6.63. The molecule has 0 atom stereocenters. The summed E-state index contributed by atoms with van der Waals surface area (Å²) in [6, 6.07) is 16.8. The number of carbonyl (C=O) groups excluding carboxylic acids is 1. The van der Waals surface area contributed by atoms with Crippen molar-refractivity contribution in [1.29, 1.82) is 5.26 Å². The van der Waals surface area contributed by atoms with Gasteiger partial charge in [0.1, 0.15) is 24.0 Å². The van der Waals surface area contributed by atoms with E-state index in [4.69, 9.17) is 16.3 Å². The zero-order valence-electron chi connectivity index (χ0n) is 19.3. The molecule has 0 aliphatic heterocycles. The van der Waals surface area contributed by atoms with Crippen LogP contribution in [0.25, 0.3) is 6.08 Å². The maximum absolute atomic E-state index is 12.8. The average molecular weight is 567 g/mol. The predicted molar refractivity (Wildman–Crippen MR) is 144 cm³/mol. The van der Waals surface area contributed by atoms with Crippen LogP contribution in [0.2, 0.25) is 5.02 Å². The van der Waals surface area contributed by atoms with Crippen molar-refractivity contribution >= 4 is 50.9 Å². The molecule has 0 spiro atoms. The van der Waals surface area contributed by atoms with E-state index < -0.39 is 10.8 Å². The first-order valence-corrected chi connectivity index (χ1v) is 11.9. The first-order valence-electron chi connectivity index (χ1n) is 10.7.